The van der Waals surface area contributed by atoms with Gasteiger partial charge in [0, 0.05) is 13.1 Å². The van der Waals surface area contributed by atoms with Gasteiger partial charge in [-0.1, -0.05) is 13.3 Å². The Balaban J connectivity index is 2.44. The van der Waals surface area contributed by atoms with Crippen LogP contribution in [0.4, 0.5) is 0 Å². The molecule has 0 aromatic carbocycles. The molecule has 0 aromatic heterocycles. The maximum Gasteiger partial charge on any atom is 0.310 e. The van der Waals surface area contributed by atoms with Crippen LogP contribution in [0, 0.1) is 11.3 Å². The van der Waals surface area contributed by atoms with E-state index in [1.807, 2.05) is 20.9 Å². The van der Waals surface area contributed by atoms with Gasteiger partial charge in [-0.2, -0.15) is 0 Å². The number of carboxylic acid groups (broad SMARTS) is 1. The lowest BCUT2D eigenvalue weighted by Gasteiger charge is -2.29. The Bertz CT molecular complexity index is 226. The second-order valence-electron chi connectivity index (χ2n) is 5.26. The molecule has 1 rings (SSSR count). The molecule has 0 saturated heterocycles. The molecule has 1 aliphatic rings. The highest BCUT2D eigenvalue weighted by Crippen LogP contribution is 2.31. The summed E-state index contributed by atoms with van der Waals surface area (Å²) in [6.07, 6.45) is 4.33. The quantitative estimate of drug-likeness (QED) is 0.705. The van der Waals surface area contributed by atoms with E-state index in [9.17, 15) is 9.90 Å². The van der Waals surface area contributed by atoms with Crippen molar-refractivity contribution in [1.29, 1.82) is 0 Å². The Morgan fingerprint density at radius 2 is 2.13 bits per heavy atom. The van der Waals surface area contributed by atoms with Crippen molar-refractivity contribution in [1.82, 2.24) is 4.90 Å². The Kier molecular flexibility index (Phi) is 4.14. The minimum Gasteiger partial charge on any atom is -0.481 e. The monoisotopic (exact) mass is 213 g/mol. The van der Waals surface area contributed by atoms with Gasteiger partial charge in [0.1, 0.15) is 0 Å². The van der Waals surface area contributed by atoms with Gasteiger partial charge in [-0.25, -0.2) is 0 Å². The first-order valence-corrected chi connectivity index (χ1v) is 5.90. The molecule has 0 aromatic rings. The van der Waals surface area contributed by atoms with Gasteiger partial charge >= 0.3 is 5.97 Å². The molecule has 3 nitrogen and oxygen atoms in total. The average Bonchev–Trinajstić information content (AvgIpc) is 2.87. The number of carboxylic acids is 1. The summed E-state index contributed by atoms with van der Waals surface area (Å²) in [5.41, 5.74) is -0.571. The van der Waals surface area contributed by atoms with Gasteiger partial charge in [0.2, 0.25) is 0 Å². The summed E-state index contributed by atoms with van der Waals surface area (Å²) in [5.74, 6) is 0.168. The lowest BCUT2D eigenvalue weighted by atomic mass is 9.85. The summed E-state index contributed by atoms with van der Waals surface area (Å²) in [6, 6.07) is 0. The summed E-state index contributed by atoms with van der Waals surface area (Å²) in [5, 5.41) is 9.24. The molecular weight excluding hydrogens is 190 g/mol. The third-order valence-electron chi connectivity index (χ3n) is 3.20. The average molecular weight is 213 g/mol. The minimum atomic E-state index is -0.660. The third-order valence-corrected chi connectivity index (χ3v) is 3.20. The van der Waals surface area contributed by atoms with Crippen LogP contribution in [-0.4, -0.2) is 36.1 Å². The van der Waals surface area contributed by atoms with Crippen molar-refractivity contribution in [3.05, 3.63) is 0 Å². The second-order valence-corrected chi connectivity index (χ2v) is 5.26. The zero-order valence-corrected chi connectivity index (χ0v) is 10.1. The first-order valence-electron chi connectivity index (χ1n) is 5.90. The van der Waals surface area contributed by atoms with Gasteiger partial charge in [-0.05, 0) is 39.2 Å². The van der Waals surface area contributed by atoms with Crippen LogP contribution in [0.15, 0.2) is 0 Å². The van der Waals surface area contributed by atoms with Gasteiger partial charge in [0.25, 0.3) is 0 Å². The zero-order chi connectivity index (χ0) is 11.5. The van der Waals surface area contributed by atoms with Crippen LogP contribution in [0.25, 0.3) is 0 Å². The van der Waals surface area contributed by atoms with Gasteiger partial charge in [0.15, 0.2) is 0 Å². The standard InChI is InChI=1S/C12H23NO2/c1-4-7-12(2,11(14)15)9-13(3)8-10-5-6-10/h10H,4-9H2,1-3H3,(H,14,15). The van der Waals surface area contributed by atoms with Crippen LogP contribution in [-0.2, 0) is 4.79 Å². The molecule has 88 valence electrons. The fraction of sp³-hybridized carbons (Fsp3) is 0.917. The SMILES string of the molecule is CCCC(C)(CN(C)CC1CC1)C(=O)O. The fourth-order valence-corrected chi connectivity index (χ4v) is 2.21. The van der Waals surface area contributed by atoms with Crippen LogP contribution < -0.4 is 0 Å². The smallest absolute Gasteiger partial charge is 0.310 e. The van der Waals surface area contributed by atoms with Crippen molar-refractivity contribution in [3.8, 4) is 0 Å². The number of nitrogens with zero attached hydrogens (tertiary/aromatic N) is 1. The first kappa shape index (κ1) is 12.5. The first-order chi connectivity index (χ1) is 6.98. The molecule has 0 bridgehead atoms. The van der Waals surface area contributed by atoms with E-state index in [4.69, 9.17) is 0 Å². The Hall–Kier alpha value is -0.570. The summed E-state index contributed by atoms with van der Waals surface area (Å²) in [4.78, 5) is 13.4. The van der Waals surface area contributed by atoms with Crippen molar-refractivity contribution < 1.29 is 9.90 Å². The second kappa shape index (κ2) is 4.97. The number of hydrogen-bond acceptors (Lipinski definition) is 2. The van der Waals surface area contributed by atoms with E-state index in [1.54, 1.807) is 0 Å². The van der Waals surface area contributed by atoms with Gasteiger partial charge in [0.05, 0.1) is 5.41 Å². The van der Waals surface area contributed by atoms with Crippen molar-refractivity contribution in [2.75, 3.05) is 20.1 Å². The fourth-order valence-electron chi connectivity index (χ4n) is 2.21. The molecule has 1 unspecified atom stereocenters. The van der Waals surface area contributed by atoms with E-state index in [-0.39, 0.29) is 0 Å². The minimum absolute atomic E-state index is 0.571. The molecule has 1 fully saturated rings. The van der Waals surface area contributed by atoms with Crippen molar-refractivity contribution in [2.45, 2.75) is 39.5 Å². The number of aliphatic carboxylic acids is 1. The van der Waals surface area contributed by atoms with Crippen molar-refractivity contribution in [3.63, 3.8) is 0 Å². The van der Waals surface area contributed by atoms with Crippen molar-refractivity contribution >= 4 is 5.97 Å². The van der Waals surface area contributed by atoms with Crippen LogP contribution in [0.1, 0.15) is 39.5 Å². The van der Waals surface area contributed by atoms with E-state index >= 15 is 0 Å². The number of carbonyl (C=O) groups is 1. The topological polar surface area (TPSA) is 40.5 Å². The molecule has 0 spiro atoms. The normalized spacial score (nSPS) is 20.3. The highest BCUT2D eigenvalue weighted by molar-refractivity contribution is 5.74. The summed E-state index contributed by atoms with van der Waals surface area (Å²) in [7, 11) is 2.04. The molecule has 3 heteroatoms. The predicted molar refractivity (Wildman–Crippen MR) is 60.9 cm³/mol. The molecule has 1 N–H and O–H groups in total. The molecule has 0 amide bonds. The highest BCUT2D eigenvalue weighted by Gasteiger charge is 2.34. The van der Waals surface area contributed by atoms with E-state index in [0.717, 1.165) is 25.3 Å². The molecule has 0 heterocycles. The zero-order valence-electron chi connectivity index (χ0n) is 10.1. The molecule has 1 aliphatic carbocycles. The summed E-state index contributed by atoms with van der Waals surface area (Å²) >= 11 is 0. The molecule has 15 heavy (non-hydrogen) atoms. The van der Waals surface area contributed by atoms with Crippen molar-refractivity contribution in [2.24, 2.45) is 11.3 Å². The molecular formula is C12H23NO2. The van der Waals surface area contributed by atoms with Crippen LogP contribution in [0.5, 0.6) is 0 Å². The number of rotatable bonds is 7. The molecule has 1 atom stereocenters. The van der Waals surface area contributed by atoms with Gasteiger partial charge in [-0.3, -0.25) is 4.79 Å². The summed E-state index contributed by atoms with van der Waals surface area (Å²) < 4.78 is 0. The lowest BCUT2D eigenvalue weighted by molar-refractivity contribution is -0.149. The Labute approximate surface area is 92.5 Å². The highest BCUT2D eigenvalue weighted by atomic mass is 16.4. The number of hydrogen-bond donors (Lipinski definition) is 1. The van der Waals surface area contributed by atoms with E-state index in [0.29, 0.717) is 6.54 Å². The lowest BCUT2D eigenvalue weighted by Crippen LogP contribution is -2.40. The van der Waals surface area contributed by atoms with Gasteiger partial charge < -0.3 is 10.0 Å². The molecule has 1 saturated carbocycles. The van der Waals surface area contributed by atoms with E-state index < -0.39 is 11.4 Å². The molecule has 0 aliphatic heterocycles. The maximum absolute atomic E-state index is 11.2. The van der Waals surface area contributed by atoms with E-state index in [2.05, 4.69) is 4.90 Å². The van der Waals surface area contributed by atoms with Crippen LogP contribution in [0.3, 0.4) is 0 Å². The Morgan fingerprint density at radius 1 is 1.53 bits per heavy atom. The van der Waals surface area contributed by atoms with E-state index in [1.165, 1.54) is 12.8 Å². The third kappa shape index (κ3) is 3.82. The maximum atomic E-state index is 11.2. The predicted octanol–water partition coefficient (Wildman–Crippen LogP) is 2.22. The largest absolute Gasteiger partial charge is 0.481 e. The summed E-state index contributed by atoms with van der Waals surface area (Å²) in [6.45, 7) is 5.64. The molecule has 0 radical (unpaired) electrons. The van der Waals surface area contributed by atoms with Gasteiger partial charge in [-0.15, -0.1) is 0 Å². The Morgan fingerprint density at radius 3 is 2.53 bits per heavy atom. The van der Waals surface area contributed by atoms with Crippen LogP contribution in [0.2, 0.25) is 0 Å². The van der Waals surface area contributed by atoms with Crippen LogP contribution >= 0.6 is 0 Å².